The van der Waals surface area contributed by atoms with E-state index in [0.717, 1.165) is 61.4 Å². The van der Waals surface area contributed by atoms with E-state index in [1.165, 1.54) is 5.69 Å². The molecule has 0 atom stereocenters. The molecule has 112 valence electrons. The lowest BCUT2D eigenvalue weighted by Gasteiger charge is -2.29. The Balaban J connectivity index is 2.01. The van der Waals surface area contributed by atoms with Gasteiger partial charge in [-0.05, 0) is 30.7 Å². The van der Waals surface area contributed by atoms with Gasteiger partial charge in [-0.2, -0.15) is 0 Å². The Morgan fingerprint density at radius 2 is 2.10 bits per heavy atom. The van der Waals surface area contributed by atoms with Gasteiger partial charge in [0.25, 0.3) is 0 Å². The number of hydrazine groups is 1. The van der Waals surface area contributed by atoms with E-state index < -0.39 is 0 Å². The number of rotatable bonds is 4. The molecule has 2 aromatic rings. The van der Waals surface area contributed by atoms with Crippen LogP contribution in [0.25, 0.3) is 10.9 Å². The summed E-state index contributed by atoms with van der Waals surface area (Å²) in [5.41, 5.74) is 7.03. The Morgan fingerprint density at radius 1 is 1.29 bits per heavy atom. The van der Waals surface area contributed by atoms with Gasteiger partial charge < -0.3 is 15.1 Å². The Labute approximate surface area is 125 Å². The first kappa shape index (κ1) is 14.1. The molecule has 0 amide bonds. The van der Waals surface area contributed by atoms with Crippen molar-refractivity contribution in [1.82, 2.24) is 4.98 Å². The quantitative estimate of drug-likeness (QED) is 0.667. The second-order valence-corrected chi connectivity index (χ2v) is 5.36. The van der Waals surface area contributed by atoms with Gasteiger partial charge >= 0.3 is 0 Å². The van der Waals surface area contributed by atoms with E-state index in [9.17, 15) is 0 Å². The number of benzene rings is 1. The number of ether oxygens (including phenoxy) is 1. The summed E-state index contributed by atoms with van der Waals surface area (Å²) in [4.78, 5) is 7.06. The van der Waals surface area contributed by atoms with E-state index >= 15 is 0 Å². The molecule has 1 aliphatic heterocycles. The number of morpholine rings is 1. The molecule has 0 saturated carbocycles. The van der Waals surface area contributed by atoms with Gasteiger partial charge in [0.05, 0.1) is 24.4 Å². The standard InChI is InChI=1S/C16H22N4O/c1-2-3-12-10-16(19-17)14-11-13(4-5-15(14)18-12)20-6-8-21-9-7-20/h4-5,10-11H,2-3,6-9,17H2,1H3,(H,18,19). The number of nitrogen functional groups attached to an aromatic ring is 1. The molecule has 1 aromatic heterocycles. The predicted octanol–water partition coefficient (Wildman–Crippen LogP) is 2.31. The van der Waals surface area contributed by atoms with E-state index in [1.807, 2.05) is 0 Å². The predicted molar refractivity (Wildman–Crippen MR) is 86.6 cm³/mol. The molecule has 1 aliphatic rings. The minimum Gasteiger partial charge on any atom is -0.378 e. The fourth-order valence-electron chi connectivity index (χ4n) is 2.79. The maximum Gasteiger partial charge on any atom is 0.0728 e. The molecule has 0 unspecified atom stereocenters. The summed E-state index contributed by atoms with van der Waals surface area (Å²) < 4.78 is 5.41. The first-order valence-electron chi connectivity index (χ1n) is 7.55. The Morgan fingerprint density at radius 3 is 2.81 bits per heavy atom. The summed E-state index contributed by atoms with van der Waals surface area (Å²) in [5.74, 6) is 5.70. The molecule has 2 heterocycles. The average Bonchev–Trinajstić information content (AvgIpc) is 2.55. The first-order valence-corrected chi connectivity index (χ1v) is 7.55. The number of aromatic nitrogens is 1. The topological polar surface area (TPSA) is 63.4 Å². The second kappa shape index (κ2) is 6.28. The summed E-state index contributed by atoms with van der Waals surface area (Å²) in [7, 11) is 0. The molecule has 1 aromatic carbocycles. The third-order valence-electron chi connectivity index (χ3n) is 3.88. The van der Waals surface area contributed by atoms with Crippen molar-refractivity contribution in [2.75, 3.05) is 36.6 Å². The van der Waals surface area contributed by atoms with Crippen molar-refractivity contribution in [3.05, 3.63) is 30.0 Å². The normalized spacial score (nSPS) is 15.4. The van der Waals surface area contributed by atoms with Crippen molar-refractivity contribution in [2.45, 2.75) is 19.8 Å². The highest BCUT2D eigenvalue weighted by atomic mass is 16.5. The Kier molecular flexibility index (Phi) is 4.22. The monoisotopic (exact) mass is 286 g/mol. The maximum absolute atomic E-state index is 5.70. The molecule has 1 fully saturated rings. The molecule has 21 heavy (non-hydrogen) atoms. The number of pyridine rings is 1. The lowest BCUT2D eigenvalue weighted by atomic mass is 10.1. The molecule has 0 bridgehead atoms. The van der Waals surface area contributed by atoms with Gasteiger partial charge in [0.2, 0.25) is 0 Å². The van der Waals surface area contributed by atoms with Crippen LogP contribution >= 0.6 is 0 Å². The van der Waals surface area contributed by atoms with Crippen molar-refractivity contribution in [2.24, 2.45) is 5.84 Å². The first-order chi connectivity index (χ1) is 10.3. The summed E-state index contributed by atoms with van der Waals surface area (Å²) in [6, 6.07) is 8.43. The summed E-state index contributed by atoms with van der Waals surface area (Å²) in [6.45, 7) is 5.58. The van der Waals surface area contributed by atoms with Crippen molar-refractivity contribution in [3.63, 3.8) is 0 Å². The Bertz CT molecular complexity index is 623. The number of fused-ring (bicyclic) bond motifs is 1. The minimum absolute atomic E-state index is 0.785. The number of nitrogens with zero attached hydrogens (tertiary/aromatic N) is 2. The molecule has 5 nitrogen and oxygen atoms in total. The van der Waals surface area contributed by atoms with Crippen LogP contribution in [-0.2, 0) is 11.2 Å². The van der Waals surface area contributed by atoms with Gasteiger partial charge in [0, 0.05) is 29.9 Å². The molecule has 0 spiro atoms. The summed E-state index contributed by atoms with van der Waals surface area (Å²) in [5, 5.41) is 1.07. The highest BCUT2D eigenvalue weighted by molar-refractivity contribution is 5.93. The average molecular weight is 286 g/mol. The van der Waals surface area contributed by atoms with Crippen LogP contribution in [0.15, 0.2) is 24.3 Å². The fraction of sp³-hybridized carbons (Fsp3) is 0.438. The van der Waals surface area contributed by atoms with Crippen LogP contribution in [-0.4, -0.2) is 31.3 Å². The third kappa shape index (κ3) is 2.94. The van der Waals surface area contributed by atoms with Gasteiger partial charge in [-0.1, -0.05) is 13.3 Å². The summed E-state index contributed by atoms with van der Waals surface area (Å²) in [6.07, 6.45) is 2.05. The molecule has 0 aliphatic carbocycles. The number of hydrogen-bond acceptors (Lipinski definition) is 5. The maximum atomic E-state index is 5.70. The zero-order valence-electron chi connectivity index (χ0n) is 12.4. The number of nitrogens with two attached hydrogens (primary N) is 1. The number of aryl methyl sites for hydroxylation is 1. The lowest BCUT2D eigenvalue weighted by Crippen LogP contribution is -2.36. The SMILES string of the molecule is CCCc1cc(NN)c2cc(N3CCOCC3)ccc2n1. The molecule has 0 radical (unpaired) electrons. The van der Waals surface area contributed by atoms with Crippen LogP contribution < -0.4 is 16.2 Å². The zero-order chi connectivity index (χ0) is 14.7. The van der Waals surface area contributed by atoms with E-state index in [1.54, 1.807) is 0 Å². The Hall–Kier alpha value is -1.85. The second-order valence-electron chi connectivity index (χ2n) is 5.36. The number of hydrogen-bond donors (Lipinski definition) is 2. The smallest absolute Gasteiger partial charge is 0.0728 e. The number of nitrogens with one attached hydrogen (secondary N) is 1. The van der Waals surface area contributed by atoms with E-state index in [4.69, 9.17) is 15.6 Å². The van der Waals surface area contributed by atoms with Gasteiger partial charge in [-0.25, -0.2) is 0 Å². The molecule has 1 saturated heterocycles. The van der Waals surface area contributed by atoms with E-state index in [-0.39, 0.29) is 0 Å². The molecular weight excluding hydrogens is 264 g/mol. The van der Waals surface area contributed by atoms with Gasteiger partial charge in [-0.3, -0.25) is 10.8 Å². The van der Waals surface area contributed by atoms with Crippen LogP contribution in [0.1, 0.15) is 19.0 Å². The van der Waals surface area contributed by atoms with Crippen LogP contribution in [0, 0.1) is 0 Å². The lowest BCUT2D eigenvalue weighted by molar-refractivity contribution is 0.122. The highest BCUT2D eigenvalue weighted by Gasteiger charge is 2.13. The molecule has 3 N–H and O–H groups in total. The van der Waals surface area contributed by atoms with Crippen molar-refractivity contribution in [3.8, 4) is 0 Å². The zero-order valence-corrected chi connectivity index (χ0v) is 12.4. The molecular formula is C16H22N4O. The molecule has 5 heteroatoms. The summed E-state index contributed by atoms with van der Waals surface area (Å²) >= 11 is 0. The van der Waals surface area contributed by atoms with Crippen LogP contribution in [0.2, 0.25) is 0 Å². The van der Waals surface area contributed by atoms with Crippen molar-refractivity contribution < 1.29 is 4.74 Å². The fourth-order valence-corrected chi connectivity index (χ4v) is 2.79. The minimum atomic E-state index is 0.785. The van der Waals surface area contributed by atoms with Gasteiger partial charge in [-0.15, -0.1) is 0 Å². The van der Waals surface area contributed by atoms with Gasteiger partial charge in [0.15, 0.2) is 0 Å². The van der Waals surface area contributed by atoms with Gasteiger partial charge in [0.1, 0.15) is 0 Å². The van der Waals surface area contributed by atoms with Crippen molar-refractivity contribution >= 4 is 22.3 Å². The molecule has 3 rings (SSSR count). The number of anilines is 2. The van der Waals surface area contributed by atoms with Crippen LogP contribution in [0.4, 0.5) is 11.4 Å². The van der Waals surface area contributed by atoms with Crippen LogP contribution in [0.3, 0.4) is 0 Å². The van der Waals surface area contributed by atoms with Crippen LogP contribution in [0.5, 0.6) is 0 Å². The largest absolute Gasteiger partial charge is 0.378 e. The van der Waals surface area contributed by atoms with E-state index in [0.29, 0.717) is 0 Å². The van der Waals surface area contributed by atoms with E-state index in [2.05, 4.69) is 41.5 Å². The van der Waals surface area contributed by atoms with Crippen molar-refractivity contribution in [1.29, 1.82) is 0 Å². The highest BCUT2D eigenvalue weighted by Crippen LogP contribution is 2.28. The third-order valence-corrected chi connectivity index (χ3v) is 3.88.